The number of ether oxygens (including phenoxy) is 1. The average Bonchev–Trinajstić information content (AvgIpc) is 2.19. The molecular formula is C9H12ClN3O. The van der Waals surface area contributed by atoms with Gasteiger partial charge in [-0.1, -0.05) is 0 Å². The lowest BCUT2D eigenvalue weighted by atomic mass is 10.1. The Morgan fingerprint density at radius 3 is 2.93 bits per heavy atom. The summed E-state index contributed by atoms with van der Waals surface area (Å²) in [4.78, 5) is 7.77. The first kappa shape index (κ1) is 9.68. The maximum atomic E-state index is 5.66. The minimum absolute atomic E-state index is 0.233. The van der Waals surface area contributed by atoms with E-state index in [1.165, 1.54) is 0 Å². The molecule has 0 amide bonds. The second-order valence-corrected chi connectivity index (χ2v) is 3.57. The van der Waals surface area contributed by atoms with Gasteiger partial charge in [-0.25, -0.2) is 4.98 Å². The van der Waals surface area contributed by atoms with Crippen LogP contribution in [0.25, 0.3) is 0 Å². The van der Waals surface area contributed by atoms with Crippen molar-refractivity contribution >= 4 is 11.6 Å². The van der Waals surface area contributed by atoms with Gasteiger partial charge in [-0.05, 0) is 37.5 Å². The maximum Gasteiger partial charge on any atom is 0.225 e. The van der Waals surface area contributed by atoms with Crippen molar-refractivity contribution in [2.45, 2.75) is 18.9 Å². The summed E-state index contributed by atoms with van der Waals surface area (Å²) in [6.45, 7) is 2.01. The van der Waals surface area contributed by atoms with Crippen LogP contribution < -0.4 is 10.1 Å². The highest BCUT2D eigenvalue weighted by Crippen LogP contribution is 2.14. The van der Waals surface area contributed by atoms with E-state index in [9.17, 15) is 0 Å². The van der Waals surface area contributed by atoms with Crippen LogP contribution in [0.15, 0.2) is 12.3 Å². The van der Waals surface area contributed by atoms with Crippen LogP contribution in [0.5, 0.6) is 5.88 Å². The van der Waals surface area contributed by atoms with Gasteiger partial charge >= 0.3 is 0 Å². The third-order valence-electron chi connectivity index (χ3n) is 2.17. The molecule has 5 heteroatoms. The Morgan fingerprint density at radius 2 is 2.21 bits per heavy atom. The van der Waals surface area contributed by atoms with Crippen molar-refractivity contribution in [1.82, 2.24) is 15.3 Å². The molecule has 1 aliphatic heterocycles. The number of piperidine rings is 1. The van der Waals surface area contributed by atoms with E-state index in [1.54, 1.807) is 12.3 Å². The number of rotatable bonds is 2. The summed E-state index contributed by atoms with van der Waals surface area (Å²) in [5, 5.41) is 3.51. The van der Waals surface area contributed by atoms with E-state index < -0.39 is 0 Å². The predicted molar refractivity (Wildman–Crippen MR) is 53.6 cm³/mol. The van der Waals surface area contributed by atoms with Crippen LogP contribution >= 0.6 is 11.6 Å². The van der Waals surface area contributed by atoms with E-state index in [4.69, 9.17) is 16.3 Å². The van der Waals surface area contributed by atoms with Crippen molar-refractivity contribution in [2.75, 3.05) is 13.1 Å². The van der Waals surface area contributed by atoms with E-state index in [-0.39, 0.29) is 11.4 Å². The summed E-state index contributed by atoms with van der Waals surface area (Å²) in [7, 11) is 0. The Labute approximate surface area is 87.7 Å². The molecule has 1 aromatic heterocycles. The molecule has 0 unspecified atom stereocenters. The van der Waals surface area contributed by atoms with Crippen LogP contribution in [0.4, 0.5) is 0 Å². The quantitative estimate of drug-likeness (QED) is 0.752. The molecule has 0 radical (unpaired) electrons. The van der Waals surface area contributed by atoms with E-state index in [1.807, 2.05) is 0 Å². The third kappa shape index (κ3) is 2.56. The second kappa shape index (κ2) is 4.57. The van der Waals surface area contributed by atoms with Crippen LogP contribution in [0.1, 0.15) is 12.8 Å². The Bertz CT molecular complexity index is 302. The Balaban J connectivity index is 1.95. The zero-order valence-electron chi connectivity index (χ0n) is 7.74. The van der Waals surface area contributed by atoms with Crippen molar-refractivity contribution < 1.29 is 4.74 Å². The van der Waals surface area contributed by atoms with Crippen molar-refractivity contribution in [2.24, 2.45) is 0 Å². The van der Waals surface area contributed by atoms with Gasteiger partial charge in [0.25, 0.3) is 0 Å². The van der Waals surface area contributed by atoms with Crippen LogP contribution in [0.2, 0.25) is 5.28 Å². The van der Waals surface area contributed by atoms with Gasteiger partial charge in [0.2, 0.25) is 11.2 Å². The van der Waals surface area contributed by atoms with Crippen molar-refractivity contribution in [3.63, 3.8) is 0 Å². The minimum Gasteiger partial charge on any atom is -0.474 e. The molecule has 1 aromatic rings. The molecular weight excluding hydrogens is 202 g/mol. The highest BCUT2D eigenvalue weighted by molar-refractivity contribution is 6.28. The van der Waals surface area contributed by atoms with E-state index in [0.29, 0.717) is 5.88 Å². The third-order valence-corrected chi connectivity index (χ3v) is 2.36. The smallest absolute Gasteiger partial charge is 0.225 e. The molecule has 1 N–H and O–H groups in total. The summed E-state index contributed by atoms with van der Waals surface area (Å²) in [6.07, 6.45) is 3.89. The number of nitrogens with one attached hydrogen (secondary N) is 1. The molecule has 76 valence electrons. The minimum atomic E-state index is 0.233. The lowest BCUT2D eigenvalue weighted by molar-refractivity contribution is 0.155. The molecule has 2 heterocycles. The number of hydrogen-bond acceptors (Lipinski definition) is 4. The van der Waals surface area contributed by atoms with Gasteiger partial charge in [-0.3, -0.25) is 0 Å². The highest BCUT2D eigenvalue weighted by Gasteiger charge is 2.14. The summed E-state index contributed by atoms with van der Waals surface area (Å²) in [6, 6.07) is 1.73. The number of hydrogen-bond donors (Lipinski definition) is 1. The summed E-state index contributed by atoms with van der Waals surface area (Å²) >= 11 is 5.65. The Kier molecular flexibility index (Phi) is 3.16. The monoisotopic (exact) mass is 213 g/mol. The Morgan fingerprint density at radius 1 is 1.43 bits per heavy atom. The molecule has 0 aliphatic carbocycles. The van der Waals surface area contributed by atoms with Gasteiger partial charge in [0.05, 0.1) is 0 Å². The van der Waals surface area contributed by atoms with Gasteiger partial charge in [-0.2, -0.15) is 4.98 Å². The fraction of sp³-hybridized carbons (Fsp3) is 0.556. The number of halogens is 1. The molecule has 0 spiro atoms. The van der Waals surface area contributed by atoms with Crippen LogP contribution in [-0.2, 0) is 0 Å². The van der Waals surface area contributed by atoms with Gasteiger partial charge < -0.3 is 10.1 Å². The molecule has 14 heavy (non-hydrogen) atoms. The molecule has 0 aromatic carbocycles. The van der Waals surface area contributed by atoms with Gasteiger partial charge in [-0.15, -0.1) is 0 Å². The molecule has 0 bridgehead atoms. The number of nitrogens with zero attached hydrogens (tertiary/aromatic N) is 2. The summed E-state index contributed by atoms with van der Waals surface area (Å²) in [5.74, 6) is 0.567. The number of aromatic nitrogens is 2. The normalized spacial score (nSPS) is 18.1. The van der Waals surface area contributed by atoms with E-state index >= 15 is 0 Å². The van der Waals surface area contributed by atoms with Crippen LogP contribution in [0.3, 0.4) is 0 Å². The molecule has 0 atom stereocenters. The van der Waals surface area contributed by atoms with Gasteiger partial charge in [0.1, 0.15) is 6.10 Å². The standard InChI is InChI=1S/C9H12ClN3O/c10-9-12-6-3-8(13-9)14-7-1-4-11-5-2-7/h3,6-7,11H,1-2,4-5H2. The largest absolute Gasteiger partial charge is 0.474 e. The second-order valence-electron chi connectivity index (χ2n) is 3.23. The fourth-order valence-corrected chi connectivity index (χ4v) is 1.61. The van der Waals surface area contributed by atoms with Crippen LogP contribution in [-0.4, -0.2) is 29.2 Å². The highest BCUT2D eigenvalue weighted by atomic mass is 35.5. The molecule has 2 rings (SSSR count). The van der Waals surface area contributed by atoms with Crippen molar-refractivity contribution in [1.29, 1.82) is 0 Å². The van der Waals surface area contributed by atoms with Crippen molar-refractivity contribution in [3.05, 3.63) is 17.5 Å². The summed E-state index contributed by atoms with van der Waals surface area (Å²) < 4.78 is 5.66. The predicted octanol–water partition coefficient (Wildman–Crippen LogP) is 1.26. The summed E-state index contributed by atoms with van der Waals surface area (Å²) in [5.41, 5.74) is 0. The van der Waals surface area contributed by atoms with E-state index in [0.717, 1.165) is 25.9 Å². The first-order valence-electron chi connectivity index (χ1n) is 4.70. The lowest BCUT2D eigenvalue weighted by Crippen LogP contribution is -2.34. The molecule has 0 saturated carbocycles. The molecule has 4 nitrogen and oxygen atoms in total. The molecule has 1 saturated heterocycles. The van der Waals surface area contributed by atoms with Crippen molar-refractivity contribution in [3.8, 4) is 5.88 Å². The SMILES string of the molecule is Clc1nccc(OC2CCNCC2)n1. The first-order chi connectivity index (χ1) is 6.84. The first-order valence-corrected chi connectivity index (χ1v) is 5.08. The van der Waals surface area contributed by atoms with Gasteiger partial charge in [0, 0.05) is 12.3 Å². The van der Waals surface area contributed by atoms with Crippen LogP contribution in [0, 0.1) is 0 Å². The zero-order chi connectivity index (χ0) is 9.80. The molecule has 1 fully saturated rings. The lowest BCUT2D eigenvalue weighted by Gasteiger charge is -2.22. The van der Waals surface area contributed by atoms with Gasteiger partial charge in [0.15, 0.2) is 0 Å². The topological polar surface area (TPSA) is 47.0 Å². The molecule has 1 aliphatic rings. The zero-order valence-corrected chi connectivity index (χ0v) is 8.50. The maximum absolute atomic E-state index is 5.66. The average molecular weight is 214 g/mol. The van der Waals surface area contributed by atoms with E-state index in [2.05, 4.69) is 15.3 Å². The Hall–Kier alpha value is -0.870. The fourth-order valence-electron chi connectivity index (χ4n) is 1.47.